The van der Waals surface area contributed by atoms with Crippen LogP contribution in [0, 0.1) is 0 Å². The number of carbonyl (C=O) groups is 2. The van der Waals surface area contributed by atoms with Gasteiger partial charge in [-0.3, -0.25) is 4.79 Å². The molecule has 0 unspecified atom stereocenters. The number of hydrogen-bond donors (Lipinski definition) is 2. The van der Waals surface area contributed by atoms with Crippen LogP contribution in [-0.4, -0.2) is 55.3 Å². The van der Waals surface area contributed by atoms with E-state index in [1.165, 1.54) is 4.90 Å². The van der Waals surface area contributed by atoms with Gasteiger partial charge in [0.1, 0.15) is 10.9 Å². The summed E-state index contributed by atoms with van der Waals surface area (Å²) in [6.45, 7) is 3.81. The number of nitrogens with zero attached hydrogens (tertiary/aromatic N) is 3. The van der Waals surface area contributed by atoms with E-state index in [4.69, 9.17) is 5.11 Å². The van der Waals surface area contributed by atoms with Crippen LogP contribution in [0.1, 0.15) is 41.6 Å². The molecule has 1 saturated heterocycles. The van der Waals surface area contributed by atoms with Crippen LogP contribution in [-0.2, 0) is 4.79 Å². The van der Waals surface area contributed by atoms with Gasteiger partial charge < -0.3 is 15.1 Å². The van der Waals surface area contributed by atoms with Crippen LogP contribution in [0.15, 0.2) is 0 Å². The molecule has 2 heterocycles. The number of β-amino-alcohol motifs (C(OH)–C–C–N with tert-alkyl or cyclic N) is 1. The summed E-state index contributed by atoms with van der Waals surface area (Å²) >= 11 is 0.961. The Morgan fingerprint density at radius 2 is 2.16 bits per heavy atom. The SMILES string of the molecule is CC(C)c1nnsc1C(=O)N1C[C@H](O)C[C@H]1C(=O)O. The average Bonchev–Trinajstić information content (AvgIpc) is 2.93. The summed E-state index contributed by atoms with van der Waals surface area (Å²) in [4.78, 5) is 25.0. The lowest BCUT2D eigenvalue weighted by Gasteiger charge is -2.20. The van der Waals surface area contributed by atoms with Crippen LogP contribution >= 0.6 is 11.5 Å². The quantitative estimate of drug-likeness (QED) is 0.829. The van der Waals surface area contributed by atoms with E-state index in [9.17, 15) is 14.7 Å². The van der Waals surface area contributed by atoms with Crippen LogP contribution in [0.5, 0.6) is 0 Å². The van der Waals surface area contributed by atoms with E-state index in [-0.39, 0.29) is 18.9 Å². The Balaban J connectivity index is 2.28. The second kappa shape index (κ2) is 5.22. The molecule has 1 aromatic heterocycles. The maximum atomic E-state index is 12.4. The molecule has 1 aliphatic heterocycles. The number of likely N-dealkylation sites (tertiary alicyclic amines) is 1. The minimum atomic E-state index is -1.10. The minimum absolute atomic E-state index is 0.0330. The Morgan fingerprint density at radius 3 is 2.74 bits per heavy atom. The van der Waals surface area contributed by atoms with Crippen molar-refractivity contribution in [3.05, 3.63) is 10.6 Å². The highest BCUT2D eigenvalue weighted by Crippen LogP contribution is 2.26. The van der Waals surface area contributed by atoms with Crippen molar-refractivity contribution in [2.75, 3.05) is 6.54 Å². The fraction of sp³-hybridized carbons (Fsp3) is 0.636. The van der Waals surface area contributed by atoms with Crippen LogP contribution in [0.4, 0.5) is 0 Å². The number of aromatic nitrogens is 2. The van der Waals surface area contributed by atoms with Crippen LogP contribution in [0.25, 0.3) is 0 Å². The molecule has 19 heavy (non-hydrogen) atoms. The van der Waals surface area contributed by atoms with Gasteiger partial charge in [-0.2, -0.15) is 0 Å². The van der Waals surface area contributed by atoms with E-state index >= 15 is 0 Å². The molecule has 2 rings (SSSR count). The number of aliphatic hydroxyl groups excluding tert-OH is 1. The predicted molar refractivity (Wildman–Crippen MR) is 67.1 cm³/mol. The van der Waals surface area contributed by atoms with Crippen LogP contribution in [0.3, 0.4) is 0 Å². The predicted octanol–water partition coefficient (Wildman–Crippen LogP) is 0.322. The van der Waals surface area contributed by atoms with Crippen molar-refractivity contribution in [3.63, 3.8) is 0 Å². The second-order valence-electron chi connectivity index (χ2n) is 4.84. The van der Waals surface area contributed by atoms with Gasteiger partial charge in [0, 0.05) is 13.0 Å². The van der Waals surface area contributed by atoms with Crippen molar-refractivity contribution in [1.29, 1.82) is 0 Å². The number of aliphatic hydroxyl groups is 1. The Kier molecular flexibility index (Phi) is 3.81. The lowest BCUT2D eigenvalue weighted by atomic mass is 10.1. The molecular formula is C11H15N3O4S. The standard InChI is InChI=1S/C11H15N3O4S/c1-5(2)8-9(19-13-12-8)10(16)14-4-6(15)3-7(14)11(17)18/h5-7,15H,3-4H2,1-2H3,(H,17,18)/t6-,7+/m1/s1. The Morgan fingerprint density at radius 1 is 1.47 bits per heavy atom. The number of rotatable bonds is 3. The van der Waals surface area contributed by atoms with Gasteiger partial charge in [-0.15, -0.1) is 5.10 Å². The number of carboxylic acid groups (broad SMARTS) is 1. The molecule has 0 radical (unpaired) electrons. The van der Waals surface area contributed by atoms with Crippen molar-refractivity contribution in [1.82, 2.24) is 14.5 Å². The molecule has 0 aliphatic carbocycles. The number of hydrogen-bond acceptors (Lipinski definition) is 6. The maximum Gasteiger partial charge on any atom is 0.326 e. The normalized spacial score (nSPS) is 23.1. The number of amides is 1. The number of carboxylic acids is 1. The Hall–Kier alpha value is -1.54. The maximum absolute atomic E-state index is 12.4. The van der Waals surface area contributed by atoms with Gasteiger partial charge in [-0.05, 0) is 17.5 Å². The van der Waals surface area contributed by atoms with Gasteiger partial charge >= 0.3 is 5.97 Å². The Labute approximate surface area is 114 Å². The highest BCUT2D eigenvalue weighted by Gasteiger charge is 2.40. The zero-order chi connectivity index (χ0) is 14.2. The first kappa shape index (κ1) is 13.9. The van der Waals surface area contributed by atoms with Gasteiger partial charge in [0.05, 0.1) is 11.8 Å². The van der Waals surface area contributed by atoms with Gasteiger partial charge in [-0.1, -0.05) is 18.3 Å². The highest BCUT2D eigenvalue weighted by molar-refractivity contribution is 7.08. The molecular weight excluding hydrogens is 270 g/mol. The molecule has 8 heteroatoms. The summed E-state index contributed by atoms with van der Waals surface area (Å²) in [6.07, 6.45) is -0.738. The molecule has 1 fully saturated rings. The third-order valence-electron chi connectivity index (χ3n) is 3.08. The lowest BCUT2D eigenvalue weighted by Crippen LogP contribution is -2.40. The molecule has 104 valence electrons. The minimum Gasteiger partial charge on any atom is -0.480 e. The molecule has 7 nitrogen and oxygen atoms in total. The molecule has 1 amide bonds. The average molecular weight is 285 g/mol. The van der Waals surface area contributed by atoms with Gasteiger partial charge in [0.25, 0.3) is 5.91 Å². The summed E-state index contributed by atoms with van der Waals surface area (Å²) in [5.74, 6) is -1.48. The summed E-state index contributed by atoms with van der Waals surface area (Å²) in [7, 11) is 0. The summed E-state index contributed by atoms with van der Waals surface area (Å²) in [6, 6.07) is -0.982. The number of aliphatic carboxylic acids is 1. The molecule has 2 atom stereocenters. The van der Waals surface area contributed by atoms with E-state index in [1.807, 2.05) is 13.8 Å². The lowest BCUT2D eigenvalue weighted by molar-refractivity contribution is -0.141. The van der Waals surface area contributed by atoms with Crippen molar-refractivity contribution in [3.8, 4) is 0 Å². The van der Waals surface area contributed by atoms with Crippen molar-refractivity contribution < 1.29 is 19.8 Å². The third kappa shape index (κ3) is 2.59. The topological polar surface area (TPSA) is 104 Å². The zero-order valence-electron chi connectivity index (χ0n) is 10.6. The van der Waals surface area contributed by atoms with E-state index < -0.39 is 24.0 Å². The first-order chi connectivity index (χ1) is 8.91. The summed E-state index contributed by atoms with van der Waals surface area (Å²) in [5, 5.41) is 22.6. The van der Waals surface area contributed by atoms with Gasteiger partial charge in [0.15, 0.2) is 0 Å². The third-order valence-corrected chi connectivity index (χ3v) is 3.81. The molecule has 0 aromatic carbocycles. The molecule has 0 saturated carbocycles. The summed E-state index contributed by atoms with van der Waals surface area (Å²) in [5.41, 5.74) is 0.570. The van der Waals surface area contributed by atoms with Crippen molar-refractivity contribution in [2.24, 2.45) is 0 Å². The number of carbonyl (C=O) groups excluding carboxylic acids is 1. The van der Waals surface area contributed by atoms with Crippen LogP contribution < -0.4 is 0 Å². The first-order valence-electron chi connectivity index (χ1n) is 5.96. The molecule has 2 N–H and O–H groups in total. The molecule has 0 spiro atoms. The van der Waals surface area contributed by atoms with Crippen LogP contribution in [0.2, 0.25) is 0 Å². The van der Waals surface area contributed by atoms with Crippen molar-refractivity contribution in [2.45, 2.75) is 38.3 Å². The fourth-order valence-corrected chi connectivity index (χ4v) is 2.90. The van der Waals surface area contributed by atoms with Gasteiger partial charge in [0.2, 0.25) is 0 Å². The molecule has 1 aromatic rings. The largest absolute Gasteiger partial charge is 0.480 e. The second-order valence-corrected chi connectivity index (χ2v) is 5.60. The van der Waals surface area contributed by atoms with E-state index in [0.29, 0.717) is 10.6 Å². The van der Waals surface area contributed by atoms with E-state index in [0.717, 1.165) is 11.5 Å². The highest BCUT2D eigenvalue weighted by atomic mass is 32.1. The van der Waals surface area contributed by atoms with Gasteiger partial charge in [-0.25, -0.2) is 4.79 Å². The zero-order valence-corrected chi connectivity index (χ0v) is 11.4. The first-order valence-corrected chi connectivity index (χ1v) is 6.73. The summed E-state index contributed by atoms with van der Waals surface area (Å²) < 4.78 is 3.76. The smallest absolute Gasteiger partial charge is 0.326 e. The monoisotopic (exact) mass is 285 g/mol. The van der Waals surface area contributed by atoms with Crippen molar-refractivity contribution >= 4 is 23.4 Å². The van der Waals surface area contributed by atoms with E-state index in [1.54, 1.807) is 0 Å². The Bertz CT molecular complexity index is 502. The molecule has 1 aliphatic rings. The van der Waals surface area contributed by atoms with E-state index in [2.05, 4.69) is 9.59 Å². The molecule has 0 bridgehead atoms. The fourth-order valence-electron chi connectivity index (χ4n) is 2.13.